The van der Waals surface area contributed by atoms with Crippen LogP contribution in [0.15, 0.2) is 41.3 Å². The molecule has 0 radical (unpaired) electrons. The highest BCUT2D eigenvalue weighted by Gasteiger charge is 2.34. The number of hydrogen-bond acceptors (Lipinski definition) is 7. The van der Waals surface area contributed by atoms with Crippen LogP contribution in [0.3, 0.4) is 0 Å². The quantitative estimate of drug-likeness (QED) is 0.114. The molecule has 0 atom stereocenters. The summed E-state index contributed by atoms with van der Waals surface area (Å²) in [4.78, 5) is 36.7. The molecule has 0 bridgehead atoms. The van der Waals surface area contributed by atoms with E-state index < -0.39 is 4.92 Å². The van der Waals surface area contributed by atoms with Crippen molar-refractivity contribution in [1.29, 1.82) is 0 Å². The average molecular weight is 680 g/mol. The van der Waals surface area contributed by atoms with E-state index in [0.717, 1.165) is 30.0 Å². The van der Waals surface area contributed by atoms with Gasteiger partial charge < -0.3 is 9.47 Å². The van der Waals surface area contributed by atoms with Crippen molar-refractivity contribution in [2.45, 2.75) is 13.0 Å². The Balaban J connectivity index is 1.70. The molecular weight excluding hydrogens is 662 g/mol. The van der Waals surface area contributed by atoms with Crippen molar-refractivity contribution in [3.63, 3.8) is 0 Å². The minimum Gasteiger partial charge on any atom is -0.487 e. The van der Waals surface area contributed by atoms with Crippen molar-refractivity contribution in [1.82, 2.24) is 4.90 Å². The SMILES string of the molecule is COCCCN1C(=O)S/C(=C/c2cc(I)c(OCc3ccc([N+](=O)[O-])cc3)c(I)c2)C1=O. The molecule has 11 heteroatoms. The maximum absolute atomic E-state index is 12.6. The molecule has 1 aliphatic rings. The highest BCUT2D eigenvalue weighted by Crippen LogP contribution is 2.35. The van der Waals surface area contributed by atoms with E-state index >= 15 is 0 Å². The van der Waals surface area contributed by atoms with Crippen LogP contribution >= 0.6 is 56.9 Å². The Kier molecular flexibility index (Phi) is 8.90. The number of benzene rings is 2. The number of nitro benzene ring substituents is 1. The van der Waals surface area contributed by atoms with Gasteiger partial charge in [-0.25, -0.2) is 0 Å². The lowest BCUT2D eigenvalue weighted by molar-refractivity contribution is -0.384. The summed E-state index contributed by atoms with van der Waals surface area (Å²) in [6.45, 7) is 1.09. The van der Waals surface area contributed by atoms with E-state index in [-0.39, 0.29) is 23.4 Å². The van der Waals surface area contributed by atoms with Crippen LogP contribution in [0, 0.1) is 17.3 Å². The Morgan fingerprint density at radius 3 is 2.41 bits per heavy atom. The van der Waals surface area contributed by atoms with Gasteiger partial charge in [0.2, 0.25) is 0 Å². The highest BCUT2D eigenvalue weighted by atomic mass is 127. The third-order valence-electron chi connectivity index (χ3n) is 4.45. The first-order valence-corrected chi connectivity index (χ1v) is 12.4. The summed E-state index contributed by atoms with van der Waals surface area (Å²) < 4.78 is 12.6. The van der Waals surface area contributed by atoms with Crippen molar-refractivity contribution in [2.75, 3.05) is 20.3 Å². The van der Waals surface area contributed by atoms with Crippen LogP contribution in [0.4, 0.5) is 10.5 Å². The van der Waals surface area contributed by atoms with Crippen LogP contribution in [0.1, 0.15) is 17.5 Å². The van der Waals surface area contributed by atoms with Gasteiger partial charge >= 0.3 is 0 Å². The summed E-state index contributed by atoms with van der Waals surface area (Å²) in [5.41, 5.74) is 1.64. The predicted octanol–water partition coefficient (Wildman–Crippen LogP) is 5.46. The van der Waals surface area contributed by atoms with E-state index in [1.165, 1.54) is 17.0 Å². The lowest BCUT2D eigenvalue weighted by Crippen LogP contribution is -2.29. The van der Waals surface area contributed by atoms with E-state index in [1.54, 1.807) is 25.3 Å². The Morgan fingerprint density at radius 1 is 1.16 bits per heavy atom. The van der Waals surface area contributed by atoms with Gasteiger partial charge in [0.15, 0.2) is 0 Å². The molecule has 0 aliphatic carbocycles. The van der Waals surface area contributed by atoms with Crippen LogP contribution in [0.5, 0.6) is 5.75 Å². The lowest BCUT2D eigenvalue weighted by atomic mass is 10.2. The second-order valence-electron chi connectivity index (χ2n) is 6.71. The van der Waals surface area contributed by atoms with Gasteiger partial charge in [0.25, 0.3) is 16.8 Å². The topological polar surface area (TPSA) is 99.0 Å². The molecule has 2 aromatic carbocycles. The van der Waals surface area contributed by atoms with Gasteiger partial charge in [-0.2, -0.15) is 0 Å². The third kappa shape index (κ3) is 6.20. The Labute approximate surface area is 216 Å². The number of ether oxygens (including phenoxy) is 2. The van der Waals surface area contributed by atoms with Gasteiger partial charge in [0, 0.05) is 32.4 Å². The first kappa shape index (κ1) is 24.9. The van der Waals surface area contributed by atoms with Crippen LogP contribution in [-0.4, -0.2) is 41.2 Å². The molecule has 1 fully saturated rings. The maximum Gasteiger partial charge on any atom is 0.293 e. The van der Waals surface area contributed by atoms with E-state index in [0.29, 0.717) is 30.2 Å². The van der Waals surface area contributed by atoms with Gasteiger partial charge in [-0.3, -0.25) is 24.6 Å². The molecule has 0 N–H and O–H groups in total. The molecule has 1 heterocycles. The normalized spacial score (nSPS) is 15.0. The van der Waals surface area contributed by atoms with Gasteiger partial charge in [-0.1, -0.05) is 0 Å². The Bertz CT molecular complexity index is 1050. The highest BCUT2D eigenvalue weighted by molar-refractivity contribution is 14.1. The summed E-state index contributed by atoms with van der Waals surface area (Å²) in [5, 5.41) is 10.5. The number of imide groups is 1. The number of nitrogens with zero attached hydrogens (tertiary/aromatic N) is 2. The smallest absolute Gasteiger partial charge is 0.293 e. The summed E-state index contributed by atoms with van der Waals surface area (Å²) in [7, 11) is 1.58. The van der Waals surface area contributed by atoms with Crippen molar-refractivity contribution < 1.29 is 24.0 Å². The lowest BCUT2D eigenvalue weighted by Gasteiger charge is -2.12. The molecule has 1 saturated heterocycles. The molecule has 1 aliphatic heterocycles. The van der Waals surface area contributed by atoms with E-state index in [9.17, 15) is 19.7 Å². The summed E-state index contributed by atoms with van der Waals surface area (Å²) in [6, 6.07) is 9.98. The number of thioether (sulfide) groups is 1. The van der Waals surface area contributed by atoms with Crippen LogP contribution in [0.2, 0.25) is 0 Å². The minimum atomic E-state index is -0.441. The largest absolute Gasteiger partial charge is 0.487 e. The van der Waals surface area contributed by atoms with Crippen molar-refractivity contribution in [3.8, 4) is 5.75 Å². The molecule has 0 saturated carbocycles. The number of halogens is 2. The van der Waals surface area contributed by atoms with Crippen molar-refractivity contribution in [2.24, 2.45) is 0 Å². The fourth-order valence-electron chi connectivity index (χ4n) is 2.88. The molecule has 0 unspecified atom stereocenters. The Morgan fingerprint density at radius 2 is 1.81 bits per heavy atom. The van der Waals surface area contributed by atoms with E-state index in [1.807, 2.05) is 12.1 Å². The number of methoxy groups -OCH3 is 1. The molecule has 3 rings (SSSR count). The van der Waals surface area contributed by atoms with Crippen LogP contribution in [-0.2, 0) is 16.1 Å². The van der Waals surface area contributed by atoms with Crippen LogP contribution < -0.4 is 4.74 Å². The van der Waals surface area contributed by atoms with E-state index in [2.05, 4.69) is 45.2 Å². The summed E-state index contributed by atoms with van der Waals surface area (Å²) in [6.07, 6.45) is 2.31. The van der Waals surface area contributed by atoms with Gasteiger partial charge in [-0.05, 0) is 105 Å². The number of amides is 2. The third-order valence-corrected chi connectivity index (χ3v) is 6.96. The molecule has 0 aromatic heterocycles. The number of carbonyl (C=O) groups is 2. The number of nitro groups is 1. The second kappa shape index (κ2) is 11.4. The first-order valence-electron chi connectivity index (χ1n) is 9.39. The number of non-ortho nitro benzene ring substituents is 1. The molecule has 2 aromatic rings. The zero-order valence-electron chi connectivity index (χ0n) is 16.9. The summed E-state index contributed by atoms with van der Waals surface area (Å²) >= 11 is 5.25. The molecule has 168 valence electrons. The second-order valence-corrected chi connectivity index (χ2v) is 10.0. The number of carbonyl (C=O) groups excluding carboxylic acids is 2. The van der Waals surface area contributed by atoms with Gasteiger partial charge in [-0.15, -0.1) is 0 Å². The van der Waals surface area contributed by atoms with Gasteiger partial charge in [0.1, 0.15) is 12.4 Å². The molecule has 8 nitrogen and oxygen atoms in total. The minimum absolute atomic E-state index is 0.0328. The zero-order chi connectivity index (χ0) is 23.3. The van der Waals surface area contributed by atoms with E-state index in [4.69, 9.17) is 9.47 Å². The predicted molar refractivity (Wildman–Crippen MR) is 138 cm³/mol. The first-order chi connectivity index (χ1) is 15.3. The maximum atomic E-state index is 12.6. The monoisotopic (exact) mass is 680 g/mol. The number of rotatable bonds is 9. The molecule has 32 heavy (non-hydrogen) atoms. The fraction of sp³-hybridized carbons (Fsp3) is 0.238. The number of hydrogen-bond donors (Lipinski definition) is 0. The molecule has 2 amide bonds. The standard InChI is InChI=1S/C21H18I2N2O6S/c1-30-8-2-7-24-20(26)18(32-21(24)27)11-14-9-16(22)19(17(23)10-14)31-12-13-3-5-15(6-4-13)25(28)29/h3-6,9-11H,2,7-8,12H2,1H3/b18-11+. The average Bonchev–Trinajstić information content (AvgIpc) is 3.01. The van der Waals surface area contributed by atoms with Gasteiger partial charge in [0.05, 0.1) is 17.0 Å². The molecule has 0 spiro atoms. The Hall–Kier alpha value is -1.71. The van der Waals surface area contributed by atoms with Crippen LogP contribution in [0.25, 0.3) is 6.08 Å². The fourth-order valence-corrected chi connectivity index (χ4v) is 5.87. The molecular formula is C21H18I2N2O6S. The summed E-state index contributed by atoms with van der Waals surface area (Å²) in [5.74, 6) is 0.397. The van der Waals surface area contributed by atoms with Crippen molar-refractivity contribution in [3.05, 3.63) is 69.7 Å². The van der Waals surface area contributed by atoms with Crippen molar-refractivity contribution >= 4 is 79.9 Å². The zero-order valence-corrected chi connectivity index (χ0v) is 22.0.